The highest BCUT2D eigenvalue weighted by Crippen LogP contribution is 2.30. The number of aliphatic carboxylic acids is 1. The molecule has 52 valence electrons. The Morgan fingerprint density at radius 3 is 2.44 bits per heavy atom. The molecule has 1 fully saturated rings. The summed E-state index contributed by atoms with van der Waals surface area (Å²) >= 11 is 0. The molecule has 0 radical (unpaired) electrons. The van der Waals surface area contributed by atoms with Crippen molar-refractivity contribution in [2.24, 2.45) is 5.92 Å². The van der Waals surface area contributed by atoms with Gasteiger partial charge in [0, 0.05) is 5.92 Å². The summed E-state index contributed by atoms with van der Waals surface area (Å²) in [5, 5.41) is 10.3. The van der Waals surface area contributed by atoms with Gasteiger partial charge in [0.15, 0.2) is 6.04 Å². The first-order chi connectivity index (χ1) is 4.25. The van der Waals surface area contributed by atoms with Gasteiger partial charge in [-0.3, -0.25) is 0 Å². The predicted molar refractivity (Wildman–Crippen MR) is 32.0 cm³/mol. The van der Waals surface area contributed by atoms with E-state index >= 15 is 0 Å². The molecule has 0 aromatic rings. The molecule has 0 spiro atoms. The van der Waals surface area contributed by atoms with E-state index in [4.69, 9.17) is 5.11 Å². The fourth-order valence-electron chi connectivity index (χ4n) is 1.07. The van der Waals surface area contributed by atoms with Gasteiger partial charge in [-0.2, -0.15) is 0 Å². The molecule has 3 nitrogen and oxygen atoms in total. The zero-order chi connectivity index (χ0) is 6.85. The Bertz CT molecular complexity index is 120. The van der Waals surface area contributed by atoms with Crippen LogP contribution in [0.1, 0.15) is 12.8 Å². The Kier molecular flexibility index (Phi) is 1.71. The molecular weight excluding hydrogens is 118 g/mol. The zero-order valence-corrected chi connectivity index (χ0v) is 5.50. The molecule has 3 N–H and O–H groups in total. The van der Waals surface area contributed by atoms with Crippen molar-refractivity contribution in [1.29, 1.82) is 0 Å². The van der Waals surface area contributed by atoms with Crippen LogP contribution in [0.15, 0.2) is 0 Å². The van der Waals surface area contributed by atoms with Crippen LogP contribution < -0.4 is 5.32 Å². The number of nitrogens with two attached hydrogens (primary N) is 1. The van der Waals surface area contributed by atoms with E-state index < -0.39 is 5.97 Å². The minimum absolute atomic E-state index is 0.176. The molecule has 1 aliphatic carbocycles. The molecule has 1 aliphatic rings. The number of hydrogen-bond donors (Lipinski definition) is 2. The van der Waals surface area contributed by atoms with Crippen molar-refractivity contribution in [1.82, 2.24) is 0 Å². The van der Waals surface area contributed by atoms with Crippen molar-refractivity contribution in [2.45, 2.75) is 18.9 Å². The van der Waals surface area contributed by atoms with Crippen LogP contribution in [0.25, 0.3) is 0 Å². The van der Waals surface area contributed by atoms with Crippen LogP contribution >= 0.6 is 0 Å². The van der Waals surface area contributed by atoms with Crippen molar-refractivity contribution in [3.63, 3.8) is 0 Å². The SMILES string of the molecule is C[NH2+]C(C(=O)O)C1CC1. The van der Waals surface area contributed by atoms with Crippen LogP contribution in [0.4, 0.5) is 0 Å². The summed E-state index contributed by atoms with van der Waals surface area (Å²) in [5.41, 5.74) is 0. The summed E-state index contributed by atoms with van der Waals surface area (Å²) in [6.07, 6.45) is 2.20. The highest BCUT2D eigenvalue weighted by atomic mass is 16.4. The molecule has 0 heterocycles. The van der Waals surface area contributed by atoms with Gasteiger partial charge >= 0.3 is 5.97 Å². The second kappa shape index (κ2) is 2.35. The largest absolute Gasteiger partial charge is 0.477 e. The maximum Gasteiger partial charge on any atom is 0.362 e. The second-order valence-electron chi connectivity index (χ2n) is 2.53. The maximum atomic E-state index is 10.4. The Morgan fingerprint density at radius 2 is 2.33 bits per heavy atom. The average Bonchev–Trinajstić information content (AvgIpc) is 2.50. The normalized spacial score (nSPS) is 21.4. The lowest BCUT2D eigenvalue weighted by Gasteiger charge is -2.03. The molecule has 0 saturated heterocycles. The number of quaternary nitrogens is 1. The van der Waals surface area contributed by atoms with Gasteiger partial charge in [0.1, 0.15) is 0 Å². The van der Waals surface area contributed by atoms with Crippen LogP contribution in [-0.2, 0) is 4.79 Å². The summed E-state index contributed by atoms with van der Waals surface area (Å²) in [6.45, 7) is 0. The van der Waals surface area contributed by atoms with Crippen LogP contribution in [0.2, 0.25) is 0 Å². The summed E-state index contributed by atoms with van der Waals surface area (Å²) in [4.78, 5) is 10.4. The van der Waals surface area contributed by atoms with Crippen molar-refractivity contribution in [2.75, 3.05) is 7.05 Å². The fraction of sp³-hybridized carbons (Fsp3) is 0.833. The van der Waals surface area contributed by atoms with Crippen LogP contribution in [0.5, 0.6) is 0 Å². The monoisotopic (exact) mass is 130 g/mol. The second-order valence-corrected chi connectivity index (χ2v) is 2.53. The van der Waals surface area contributed by atoms with E-state index in [0.29, 0.717) is 5.92 Å². The van der Waals surface area contributed by atoms with Gasteiger partial charge in [0.25, 0.3) is 0 Å². The number of likely N-dealkylation sites (N-methyl/N-ethyl adjacent to an activating group) is 1. The van der Waals surface area contributed by atoms with Gasteiger partial charge in [-0.05, 0) is 12.8 Å². The lowest BCUT2D eigenvalue weighted by molar-refractivity contribution is -0.655. The minimum Gasteiger partial charge on any atom is -0.477 e. The smallest absolute Gasteiger partial charge is 0.362 e. The van der Waals surface area contributed by atoms with Gasteiger partial charge in [0.2, 0.25) is 0 Å². The number of carboxylic acids is 1. The highest BCUT2D eigenvalue weighted by Gasteiger charge is 2.38. The Balaban J connectivity index is 2.37. The van der Waals surface area contributed by atoms with Gasteiger partial charge in [-0.25, -0.2) is 4.79 Å². The van der Waals surface area contributed by atoms with Gasteiger partial charge in [0.05, 0.1) is 7.05 Å². The van der Waals surface area contributed by atoms with E-state index in [-0.39, 0.29) is 6.04 Å². The Labute approximate surface area is 54.1 Å². The summed E-state index contributed by atoms with van der Waals surface area (Å²) in [5.74, 6) is -0.215. The first-order valence-corrected chi connectivity index (χ1v) is 3.28. The van der Waals surface area contributed by atoms with E-state index in [2.05, 4.69) is 0 Å². The third-order valence-electron chi connectivity index (χ3n) is 1.77. The number of carbonyl (C=O) groups is 1. The fourth-order valence-corrected chi connectivity index (χ4v) is 1.07. The first-order valence-electron chi connectivity index (χ1n) is 3.28. The van der Waals surface area contributed by atoms with Crippen LogP contribution in [0, 0.1) is 5.92 Å². The van der Waals surface area contributed by atoms with Crippen molar-refractivity contribution in [3.8, 4) is 0 Å². The predicted octanol–water partition coefficient (Wildman–Crippen LogP) is -0.957. The summed E-state index contributed by atoms with van der Waals surface area (Å²) in [7, 11) is 1.82. The molecule has 1 atom stereocenters. The highest BCUT2D eigenvalue weighted by molar-refractivity contribution is 5.72. The maximum absolute atomic E-state index is 10.4. The molecule has 0 bridgehead atoms. The molecule has 1 saturated carbocycles. The zero-order valence-electron chi connectivity index (χ0n) is 5.50. The van der Waals surface area contributed by atoms with Crippen LogP contribution in [-0.4, -0.2) is 24.2 Å². The minimum atomic E-state index is -0.667. The number of carboxylic acid groups (broad SMARTS) is 1. The average molecular weight is 130 g/mol. The lowest BCUT2D eigenvalue weighted by Crippen LogP contribution is -2.89. The van der Waals surface area contributed by atoms with Gasteiger partial charge < -0.3 is 10.4 Å². The molecule has 0 aromatic heterocycles. The standard InChI is InChI=1S/C6H11NO2/c1-7-5(6(8)9)4-2-3-4/h4-5,7H,2-3H2,1H3,(H,8,9)/p+1. The number of rotatable bonds is 3. The van der Waals surface area contributed by atoms with Gasteiger partial charge in [-0.15, -0.1) is 0 Å². The topological polar surface area (TPSA) is 53.9 Å². The molecule has 9 heavy (non-hydrogen) atoms. The van der Waals surface area contributed by atoms with Crippen molar-refractivity contribution < 1.29 is 15.2 Å². The quantitative estimate of drug-likeness (QED) is 0.517. The van der Waals surface area contributed by atoms with Crippen molar-refractivity contribution >= 4 is 5.97 Å². The molecule has 0 amide bonds. The molecule has 0 aromatic carbocycles. The first kappa shape index (κ1) is 6.55. The summed E-state index contributed by atoms with van der Waals surface area (Å²) in [6, 6.07) is -0.176. The van der Waals surface area contributed by atoms with E-state index in [1.54, 1.807) is 5.32 Å². The van der Waals surface area contributed by atoms with Gasteiger partial charge in [-0.1, -0.05) is 0 Å². The molecule has 1 unspecified atom stereocenters. The molecular formula is C6H12NO2+. The third kappa shape index (κ3) is 1.42. The van der Waals surface area contributed by atoms with E-state index in [0.717, 1.165) is 12.8 Å². The molecule has 3 heteroatoms. The molecule has 0 aliphatic heterocycles. The number of hydrogen-bond acceptors (Lipinski definition) is 1. The lowest BCUT2D eigenvalue weighted by atomic mass is 10.2. The van der Waals surface area contributed by atoms with E-state index in [1.807, 2.05) is 7.05 Å². The van der Waals surface area contributed by atoms with Crippen LogP contribution in [0.3, 0.4) is 0 Å². The Hall–Kier alpha value is -0.570. The van der Waals surface area contributed by atoms with Crippen molar-refractivity contribution in [3.05, 3.63) is 0 Å². The third-order valence-corrected chi connectivity index (χ3v) is 1.77. The Morgan fingerprint density at radius 1 is 1.78 bits per heavy atom. The van der Waals surface area contributed by atoms with E-state index in [9.17, 15) is 4.79 Å². The summed E-state index contributed by atoms with van der Waals surface area (Å²) < 4.78 is 0. The van der Waals surface area contributed by atoms with E-state index in [1.165, 1.54) is 0 Å². The molecule has 1 rings (SSSR count).